The minimum absolute atomic E-state index is 0.346. The van der Waals surface area contributed by atoms with Crippen molar-refractivity contribution in [2.45, 2.75) is 84.2 Å². The summed E-state index contributed by atoms with van der Waals surface area (Å²) < 4.78 is 34.3. The van der Waals surface area contributed by atoms with Crippen molar-refractivity contribution in [3.8, 4) is 5.75 Å². The summed E-state index contributed by atoms with van der Waals surface area (Å²) in [4.78, 5) is 0. The lowest BCUT2D eigenvalue weighted by atomic mass is 9.54. The highest BCUT2D eigenvalue weighted by Crippen LogP contribution is 2.63. The van der Waals surface area contributed by atoms with Gasteiger partial charge in [-0.3, -0.25) is 0 Å². The van der Waals surface area contributed by atoms with Gasteiger partial charge in [-0.25, -0.2) is 0 Å². The van der Waals surface area contributed by atoms with E-state index in [1.807, 2.05) is 13.0 Å². The maximum atomic E-state index is 11.5. The fourth-order valence-electron chi connectivity index (χ4n) is 7.00. The molecule has 0 bridgehead atoms. The highest BCUT2D eigenvalue weighted by molar-refractivity contribution is 7.84. The lowest BCUT2D eigenvalue weighted by Gasteiger charge is -2.52. The maximum Gasteiger partial charge on any atom is 0.380 e. The van der Waals surface area contributed by atoms with E-state index >= 15 is 0 Å². The zero-order valence-electron chi connectivity index (χ0n) is 17.9. The average Bonchev–Trinajstić information content (AvgIpc) is 3.05. The Bertz CT molecular complexity index is 868. The molecular weight excluding hydrogens is 386 g/mol. The summed E-state index contributed by atoms with van der Waals surface area (Å²) in [6.07, 6.45) is 9.41. The monoisotopic (exact) mass is 421 g/mol. The molecule has 5 nitrogen and oxygen atoms in total. The third-order valence-corrected chi connectivity index (χ3v) is 8.57. The molecule has 2 saturated carbocycles. The van der Waals surface area contributed by atoms with Gasteiger partial charge in [0.15, 0.2) is 0 Å². The molecule has 3 unspecified atom stereocenters. The van der Waals surface area contributed by atoms with E-state index in [-0.39, 0.29) is 0 Å². The Balaban J connectivity index is 1.67. The van der Waals surface area contributed by atoms with Gasteiger partial charge in [-0.2, -0.15) is 13.6 Å². The van der Waals surface area contributed by atoms with Gasteiger partial charge in [0.25, 0.3) is 0 Å². The van der Waals surface area contributed by atoms with Gasteiger partial charge in [0, 0.05) is 6.61 Å². The molecule has 0 aromatic heterocycles. The lowest BCUT2D eigenvalue weighted by molar-refractivity contribution is -0.0734. The van der Waals surface area contributed by atoms with E-state index in [1.165, 1.54) is 49.7 Å². The van der Waals surface area contributed by atoms with Crippen LogP contribution in [0.2, 0.25) is 0 Å². The lowest BCUT2D eigenvalue weighted by Crippen LogP contribution is -2.46. The second kappa shape index (κ2) is 7.86. The largest absolute Gasteiger partial charge is 0.380 e. The second-order valence-corrected chi connectivity index (χ2v) is 10.3. The summed E-state index contributed by atoms with van der Waals surface area (Å²) in [7, 11) is -4.01. The Morgan fingerprint density at radius 3 is 2.59 bits per heavy atom. The molecule has 2 N–H and O–H groups in total. The first-order chi connectivity index (χ1) is 13.8. The van der Waals surface area contributed by atoms with Crippen LogP contribution in [0.25, 0.3) is 0 Å². The molecule has 0 heterocycles. The molecule has 0 spiro atoms. The molecule has 2 fully saturated rings. The summed E-state index contributed by atoms with van der Waals surface area (Å²) in [5.41, 5.74) is 3.94. The van der Waals surface area contributed by atoms with Gasteiger partial charge in [0.2, 0.25) is 0 Å². The summed E-state index contributed by atoms with van der Waals surface area (Å²) >= 11 is 0. The third-order valence-electron chi connectivity index (χ3n) is 8.16. The zero-order chi connectivity index (χ0) is 20.8. The number of nitrogens with two attached hydrogens (primary N) is 1. The number of ether oxygens (including phenoxy) is 1. The Morgan fingerprint density at radius 2 is 1.93 bits per heavy atom. The zero-order valence-corrected chi connectivity index (χ0v) is 18.8. The Kier molecular flexibility index (Phi) is 5.73. The minimum atomic E-state index is -4.01. The van der Waals surface area contributed by atoms with E-state index in [9.17, 15) is 8.42 Å². The van der Waals surface area contributed by atoms with Crippen molar-refractivity contribution in [2.75, 3.05) is 6.61 Å². The fraction of sp³-hybridized carbons (Fsp3) is 0.739. The topological polar surface area (TPSA) is 78.6 Å². The van der Waals surface area contributed by atoms with E-state index in [1.54, 1.807) is 0 Å². The molecule has 0 aliphatic heterocycles. The van der Waals surface area contributed by atoms with Crippen molar-refractivity contribution < 1.29 is 17.3 Å². The Labute approximate surface area is 175 Å². The van der Waals surface area contributed by atoms with E-state index < -0.39 is 10.3 Å². The minimum Gasteiger partial charge on any atom is -0.378 e. The van der Waals surface area contributed by atoms with Crippen LogP contribution in [0.1, 0.15) is 81.9 Å². The molecule has 5 atom stereocenters. The number of fused-ring (bicyclic) bond motifs is 5. The molecule has 29 heavy (non-hydrogen) atoms. The predicted octanol–water partition coefficient (Wildman–Crippen LogP) is 4.48. The highest BCUT2D eigenvalue weighted by Gasteiger charge is 2.56. The highest BCUT2D eigenvalue weighted by atomic mass is 32.2. The molecule has 6 heteroatoms. The van der Waals surface area contributed by atoms with E-state index in [4.69, 9.17) is 14.1 Å². The van der Waals surface area contributed by atoms with Crippen molar-refractivity contribution in [1.82, 2.24) is 0 Å². The van der Waals surface area contributed by atoms with Crippen molar-refractivity contribution in [1.29, 1.82) is 0 Å². The normalized spacial score (nSPS) is 33.7. The van der Waals surface area contributed by atoms with Crippen molar-refractivity contribution >= 4 is 10.3 Å². The maximum absolute atomic E-state index is 11.5. The molecule has 0 radical (unpaired) electrons. The van der Waals surface area contributed by atoms with Gasteiger partial charge in [-0.05, 0) is 104 Å². The molecule has 0 saturated heterocycles. The van der Waals surface area contributed by atoms with Crippen LogP contribution >= 0.6 is 0 Å². The SMILES string of the molecule is CCO[C@H]1CCC2C3CCc4cc(OS(N)(=O)=O)c(CC)cc4C3CC[C@@]21CC. The summed E-state index contributed by atoms with van der Waals surface area (Å²) in [6.45, 7) is 7.31. The quantitative estimate of drug-likeness (QED) is 0.734. The van der Waals surface area contributed by atoms with Crippen LogP contribution in [0.15, 0.2) is 12.1 Å². The van der Waals surface area contributed by atoms with Crippen LogP contribution in [-0.2, 0) is 27.9 Å². The molecule has 3 aliphatic carbocycles. The summed E-state index contributed by atoms with van der Waals surface area (Å²) in [5, 5.41) is 5.14. The van der Waals surface area contributed by atoms with Crippen LogP contribution in [0.4, 0.5) is 0 Å². The molecule has 3 aliphatic rings. The van der Waals surface area contributed by atoms with Crippen molar-refractivity contribution in [3.05, 3.63) is 28.8 Å². The second-order valence-electron chi connectivity index (χ2n) is 9.15. The predicted molar refractivity (Wildman–Crippen MR) is 114 cm³/mol. The number of hydrogen-bond acceptors (Lipinski definition) is 4. The molecule has 4 rings (SSSR count). The van der Waals surface area contributed by atoms with E-state index in [2.05, 4.69) is 19.9 Å². The molecule has 0 amide bonds. The smallest absolute Gasteiger partial charge is 0.378 e. The number of benzene rings is 1. The molecular formula is C23H35NO4S. The molecule has 1 aromatic carbocycles. The first kappa shape index (κ1) is 21.1. The number of rotatable bonds is 6. The fourth-order valence-corrected chi connectivity index (χ4v) is 7.41. The van der Waals surface area contributed by atoms with Gasteiger partial charge < -0.3 is 8.92 Å². The number of aryl methyl sites for hydroxylation is 2. The van der Waals surface area contributed by atoms with Crippen molar-refractivity contribution in [2.24, 2.45) is 22.4 Å². The van der Waals surface area contributed by atoms with Gasteiger partial charge in [-0.1, -0.05) is 19.9 Å². The van der Waals surface area contributed by atoms with Crippen LogP contribution in [-0.4, -0.2) is 21.1 Å². The Hall–Kier alpha value is -1.11. The van der Waals surface area contributed by atoms with Crippen molar-refractivity contribution in [3.63, 3.8) is 0 Å². The van der Waals surface area contributed by atoms with Gasteiger partial charge >= 0.3 is 10.3 Å². The van der Waals surface area contributed by atoms with Crippen LogP contribution in [0.5, 0.6) is 5.75 Å². The van der Waals surface area contributed by atoms with E-state index in [0.29, 0.717) is 29.1 Å². The first-order valence-electron chi connectivity index (χ1n) is 11.3. The van der Waals surface area contributed by atoms with Gasteiger partial charge in [0.05, 0.1) is 6.10 Å². The number of hydrogen-bond donors (Lipinski definition) is 1. The molecule has 162 valence electrons. The van der Waals surface area contributed by atoms with Crippen LogP contribution < -0.4 is 9.32 Å². The molecule has 1 aromatic rings. The van der Waals surface area contributed by atoms with Gasteiger partial charge in [-0.15, -0.1) is 0 Å². The van der Waals surface area contributed by atoms with Crippen LogP contribution in [0, 0.1) is 17.3 Å². The first-order valence-corrected chi connectivity index (χ1v) is 12.8. The Morgan fingerprint density at radius 1 is 1.14 bits per heavy atom. The van der Waals surface area contributed by atoms with E-state index in [0.717, 1.165) is 30.9 Å². The van der Waals surface area contributed by atoms with Gasteiger partial charge in [0.1, 0.15) is 5.75 Å². The average molecular weight is 422 g/mol. The third kappa shape index (κ3) is 3.61. The summed E-state index contributed by atoms with van der Waals surface area (Å²) in [5.74, 6) is 2.42. The van der Waals surface area contributed by atoms with Crippen LogP contribution in [0.3, 0.4) is 0 Å². The standard InChI is InChI=1S/C23H35NO4S/c1-4-15-13-19-16(14-21(15)28-29(24,25)26)7-8-18-17(19)11-12-23(5-2)20(18)9-10-22(23)27-6-3/h13-14,17-18,20,22H,4-12H2,1-3H3,(H2,24,25,26)/t17?,18?,20?,22-,23-/m0/s1. The summed E-state index contributed by atoms with van der Waals surface area (Å²) in [6, 6.07) is 4.15.